The Hall–Kier alpha value is -2.21. The summed E-state index contributed by atoms with van der Waals surface area (Å²) in [5.41, 5.74) is 1.68. The van der Waals surface area contributed by atoms with Gasteiger partial charge in [0.1, 0.15) is 0 Å². The second-order valence-corrected chi connectivity index (χ2v) is 5.56. The van der Waals surface area contributed by atoms with E-state index in [-0.39, 0.29) is 11.8 Å². The first kappa shape index (κ1) is 11.9. The summed E-state index contributed by atoms with van der Waals surface area (Å²) < 4.78 is 0. The van der Waals surface area contributed by atoms with Gasteiger partial charge >= 0.3 is 0 Å². The maximum absolute atomic E-state index is 11.5. The topological polar surface area (TPSA) is 71.1 Å². The van der Waals surface area contributed by atoms with Gasteiger partial charge in [0.2, 0.25) is 0 Å². The molecular weight excluding hydrogens is 262 g/mol. The van der Waals surface area contributed by atoms with E-state index in [4.69, 9.17) is 0 Å². The molecule has 1 aromatic heterocycles. The SMILES string of the molecule is Cc1ncc(CNc2ccc3c(c2)C(=O)NC3=O)s1. The number of nitrogens with zero attached hydrogens (tertiary/aromatic N) is 1. The minimum absolute atomic E-state index is 0.329. The van der Waals surface area contributed by atoms with Crippen molar-refractivity contribution in [3.05, 3.63) is 45.4 Å². The zero-order chi connectivity index (χ0) is 13.4. The van der Waals surface area contributed by atoms with Crippen LogP contribution in [0.3, 0.4) is 0 Å². The number of hydrogen-bond acceptors (Lipinski definition) is 5. The van der Waals surface area contributed by atoms with Gasteiger partial charge in [-0.25, -0.2) is 4.98 Å². The molecule has 0 atom stereocenters. The van der Waals surface area contributed by atoms with Crippen LogP contribution in [0.1, 0.15) is 30.6 Å². The molecule has 0 unspecified atom stereocenters. The summed E-state index contributed by atoms with van der Waals surface area (Å²) >= 11 is 1.63. The summed E-state index contributed by atoms with van der Waals surface area (Å²) in [5.74, 6) is -0.665. The Morgan fingerprint density at radius 1 is 1.26 bits per heavy atom. The van der Waals surface area contributed by atoms with Crippen molar-refractivity contribution in [2.45, 2.75) is 13.5 Å². The fraction of sp³-hybridized carbons (Fsp3) is 0.154. The molecule has 6 heteroatoms. The fourth-order valence-electron chi connectivity index (χ4n) is 1.95. The summed E-state index contributed by atoms with van der Waals surface area (Å²) in [6.07, 6.45) is 1.83. The normalized spacial score (nSPS) is 13.3. The molecule has 1 aromatic carbocycles. The predicted octanol–water partition coefficient (Wildman–Crippen LogP) is 1.95. The number of rotatable bonds is 3. The largest absolute Gasteiger partial charge is 0.380 e. The minimum Gasteiger partial charge on any atom is -0.380 e. The second-order valence-electron chi connectivity index (χ2n) is 4.24. The van der Waals surface area contributed by atoms with Crippen LogP contribution in [0, 0.1) is 6.92 Å². The van der Waals surface area contributed by atoms with Crippen molar-refractivity contribution in [3.8, 4) is 0 Å². The van der Waals surface area contributed by atoms with Gasteiger partial charge in [0.25, 0.3) is 11.8 Å². The molecule has 0 saturated heterocycles. The van der Waals surface area contributed by atoms with Crippen molar-refractivity contribution >= 4 is 28.8 Å². The van der Waals surface area contributed by atoms with E-state index in [0.29, 0.717) is 17.7 Å². The average Bonchev–Trinajstić information content (AvgIpc) is 2.92. The highest BCUT2D eigenvalue weighted by atomic mass is 32.1. The van der Waals surface area contributed by atoms with Crippen LogP contribution in [0.15, 0.2) is 24.4 Å². The van der Waals surface area contributed by atoms with Crippen LogP contribution in [0.2, 0.25) is 0 Å². The van der Waals surface area contributed by atoms with Crippen molar-refractivity contribution in [1.29, 1.82) is 0 Å². The Morgan fingerprint density at radius 3 is 2.79 bits per heavy atom. The first-order valence-corrected chi connectivity index (χ1v) is 6.60. The zero-order valence-electron chi connectivity index (χ0n) is 10.2. The maximum Gasteiger partial charge on any atom is 0.259 e. The van der Waals surface area contributed by atoms with Crippen LogP contribution in [-0.4, -0.2) is 16.8 Å². The number of carbonyl (C=O) groups is 2. The standard InChI is InChI=1S/C13H11N3O2S/c1-7-14-5-9(19-7)6-15-8-2-3-10-11(4-8)13(18)16-12(10)17/h2-5,15H,6H2,1H3,(H,16,17,18). The van der Waals surface area contributed by atoms with Crippen molar-refractivity contribution in [3.63, 3.8) is 0 Å². The molecule has 3 rings (SSSR count). The van der Waals surface area contributed by atoms with E-state index in [1.54, 1.807) is 29.5 Å². The van der Waals surface area contributed by atoms with Crippen LogP contribution in [0.25, 0.3) is 0 Å². The van der Waals surface area contributed by atoms with Gasteiger partial charge in [-0.3, -0.25) is 14.9 Å². The number of hydrogen-bond donors (Lipinski definition) is 2. The number of benzene rings is 1. The van der Waals surface area contributed by atoms with Crippen LogP contribution < -0.4 is 10.6 Å². The van der Waals surface area contributed by atoms with Gasteiger partial charge in [0.15, 0.2) is 0 Å². The van der Waals surface area contributed by atoms with Crippen molar-refractivity contribution in [1.82, 2.24) is 10.3 Å². The van der Waals surface area contributed by atoms with Crippen molar-refractivity contribution in [2.75, 3.05) is 5.32 Å². The highest BCUT2D eigenvalue weighted by Crippen LogP contribution is 2.21. The number of fused-ring (bicyclic) bond motifs is 1. The lowest BCUT2D eigenvalue weighted by Crippen LogP contribution is -2.19. The molecule has 2 aromatic rings. The number of imide groups is 1. The molecule has 2 amide bonds. The number of aryl methyl sites for hydroxylation is 1. The van der Waals surface area contributed by atoms with Crippen LogP contribution >= 0.6 is 11.3 Å². The Labute approximate surface area is 113 Å². The van der Waals surface area contributed by atoms with E-state index in [9.17, 15) is 9.59 Å². The molecular formula is C13H11N3O2S. The first-order chi connectivity index (χ1) is 9.13. The molecule has 1 aliphatic heterocycles. The Kier molecular flexibility index (Phi) is 2.79. The molecule has 0 radical (unpaired) electrons. The highest BCUT2D eigenvalue weighted by Gasteiger charge is 2.26. The number of thiazole rings is 1. The van der Waals surface area contributed by atoms with Gasteiger partial charge in [0, 0.05) is 16.8 Å². The molecule has 5 nitrogen and oxygen atoms in total. The van der Waals surface area contributed by atoms with E-state index >= 15 is 0 Å². The Morgan fingerprint density at radius 2 is 2.05 bits per heavy atom. The number of aromatic nitrogens is 1. The molecule has 2 N–H and O–H groups in total. The monoisotopic (exact) mass is 273 g/mol. The summed E-state index contributed by atoms with van der Waals surface area (Å²) in [6.45, 7) is 2.61. The van der Waals surface area contributed by atoms with Gasteiger partial charge in [-0.05, 0) is 25.1 Å². The van der Waals surface area contributed by atoms with E-state index in [0.717, 1.165) is 15.6 Å². The zero-order valence-corrected chi connectivity index (χ0v) is 11.0. The Balaban J connectivity index is 1.78. The first-order valence-electron chi connectivity index (χ1n) is 5.78. The lowest BCUT2D eigenvalue weighted by atomic mass is 10.1. The molecule has 19 heavy (non-hydrogen) atoms. The number of carbonyl (C=O) groups excluding carboxylic acids is 2. The molecule has 2 heterocycles. The average molecular weight is 273 g/mol. The quantitative estimate of drug-likeness (QED) is 0.838. The molecule has 0 aliphatic carbocycles. The molecule has 0 spiro atoms. The van der Waals surface area contributed by atoms with Crippen LogP contribution in [-0.2, 0) is 6.54 Å². The fourth-order valence-corrected chi connectivity index (χ4v) is 2.69. The minimum atomic E-state index is -0.336. The highest BCUT2D eigenvalue weighted by molar-refractivity contribution is 7.11. The van der Waals surface area contributed by atoms with E-state index in [1.807, 2.05) is 13.1 Å². The smallest absolute Gasteiger partial charge is 0.259 e. The third kappa shape index (κ3) is 2.22. The van der Waals surface area contributed by atoms with Crippen LogP contribution in [0.5, 0.6) is 0 Å². The van der Waals surface area contributed by atoms with Gasteiger partial charge in [0.05, 0.1) is 22.7 Å². The van der Waals surface area contributed by atoms with Gasteiger partial charge < -0.3 is 5.32 Å². The maximum atomic E-state index is 11.5. The number of anilines is 1. The third-order valence-electron chi connectivity index (χ3n) is 2.87. The molecule has 0 bridgehead atoms. The molecule has 0 fully saturated rings. The molecule has 0 saturated carbocycles. The second kappa shape index (κ2) is 4.47. The predicted molar refractivity (Wildman–Crippen MR) is 72.4 cm³/mol. The number of nitrogens with one attached hydrogen (secondary N) is 2. The summed E-state index contributed by atoms with van der Waals surface area (Å²) in [5, 5.41) is 6.52. The van der Waals surface area contributed by atoms with Gasteiger partial charge in [-0.2, -0.15) is 0 Å². The van der Waals surface area contributed by atoms with Crippen molar-refractivity contribution < 1.29 is 9.59 Å². The summed E-state index contributed by atoms with van der Waals surface area (Å²) in [7, 11) is 0. The summed E-state index contributed by atoms with van der Waals surface area (Å²) in [4.78, 5) is 28.3. The van der Waals surface area contributed by atoms with Crippen molar-refractivity contribution in [2.24, 2.45) is 0 Å². The Bertz CT molecular complexity index is 678. The van der Waals surface area contributed by atoms with E-state index in [1.165, 1.54) is 0 Å². The summed E-state index contributed by atoms with van der Waals surface area (Å²) in [6, 6.07) is 5.16. The lowest BCUT2D eigenvalue weighted by Gasteiger charge is -2.05. The third-order valence-corrected chi connectivity index (χ3v) is 3.78. The molecule has 1 aliphatic rings. The van der Waals surface area contributed by atoms with Gasteiger partial charge in [-0.1, -0.05) is 0 Å². The van der Waals surface area contributed by atoms with Gasteiger partial charge in [-0.15, -0.1) is 11.3 Å². The van der Waals surface area contributed by atoms with Crippen LogP contribution in [0.4, 0.5) is 5.69 Å². The van der Waals surface area contributed by atoms with E-state index < -0.39 is 0 Å². The molecule has 96 valence electrons. The number of amides is 2. The van der Waals surface area contributed by atoms with E-state index in [2.05, 4.69) is 15.6 Å². The lowest BCUT2D eigenvalue weighted by molar-refractivity contribution is 0.0879.